The number of carbonyl (C=O) groups is 1. The number of benzene rings is 1. The number of hydrogen-bond acceptors (Lipinski definition) is 4. The lowest BCUT2D eigenvalue weighted by Crippen LogP contribution is -2.26. The maximum atomic E-state index is 12.0. The van der Waals surface area contributed by atoms with E-state index in [4.69, 9.17) is 4.74 Å². The third kappa shape index (κ3) is 5.14. The monoisotopic (exact) mass is 346 g/mol. The highest BCUT2D eigenvalue weighted by Crippen LogP contribution is 2.31. The number of carbonyl (C=O) groups excluding carboxylic acids is 1. The fourth-order valence-electron chi connectivity index (χ4n) is 2.54. The van der Waals surface area contributed by atoms with Crippen molar-refractivity contribution in [3.63, 3.8) is 0 Å². The summed E-state index contributed by atoms with van der Waals surface area (Å²) in [6.45, 7) is 6.81. The van der Waals surface area contributed by atoms with E-state index in [1.165, 1.54) is 5.56 Å². The molecule has 0 aliphatic heterocycles. The van der Waals surface area contributed by atoms with Gasteiger partial charge in [0, 0.05) is 25.7 Å². The Labute approximate surface area is 148 Å². The second-order valence-electron chi connectivity index (χ2n) is 6.07. The number of nitrogens with one attached hydrogen (secondary N) is 1. The van der Waals surface area contributed by atoms with Gasteiger partial charge in [0.15, 0.2) is 0 Å². The largest absolute Gasteiger partial charge is 0.385 e. The first kappa shape index (κ1) is 18.6. The SMILES string of the molecule is COCCCCC(=O)NC(C)c1sc(-c2ccc(C)cc2)nc1C. The van der Waals surface area contributed by atoms with E-state index in [0.717, 1.165) is 34.0 Å². The van der Waals surface area contributed by atoms with E-state index in [9.17, 15) is 4.79 Å². The number of thiazole rings is 1. The van der Waals surface area contributed by atoms with Gasteiger partial charge in [0.1, 0.15) is 5.01 Å². The minimum absolute atomic E-state index is 0.0170. The van der Waals surface area contributed by atoms with Crippen LogP contribution < -0.4 is 5.32 Å². The average molecular weight is 346 g/mol. The fraction of sp³-hybridized carbons (Fsp3) is 0.474. The van der Waals surface area contributed by atoms with Crippen molar-refractivity contribution in [1.29, 1.82) is 0 Å². The molecular formula is C19H26N2O2S. The normalized spacial score (nSPS) is 12.2. The molecule has 1 heterocycles. The van der Waals surface area contributed by atoms with Crippen LogP contribution in [0.4, 0.5) is 0 Å². The molecule has 1 atom stereocenters. The average Bonchev–Trinajstić information content (AvgIpc) is 2.94. The molecule has 1 amide bonds. The number of amides is 1. The Balaban J connectivity index is 1.98. The molecule has 1 aromatic heterocycles. The van der Waals surface area contributed by atoms with Crippen molar-refractivity contribution in [1.82, 2.24) is 10.3 Å². The Bertz CT molecular complexity index is 665. The molecule has 0 aliphatic carbocycles. The molecule has 24 heavy (non-hydrogen) atoms. The fourth-order valence-corrected chi connectivity index (χ4v) is 3.61. The highest BCUT2D eigenvalue weighted by molar-refractivity contribution is 7.15. The third-order valence-electron chi connectivity index (χ3n) is 3.90. The molecule has 1 unspecified atom stereocenters. The lowest BCUT2D eigenvalue weighted by Gasteiger charge is -2.12. The second kappa shape index (κ2) is 8.94. The molecule has 0 saturated heterocycles. The molecule has 2 aromatic rings. The zero-order valence-corrected chi connectivity index (χ0v) is 15.7. The van der Waals surface area contributed by atoms with Crippen LogP contribution in [-0.2, 0) is 9.53 Å². The summed E-state index contributed by atoms with van der Waals surface area (Å²) in [5.74, 6) is 0.0864. The van der Waals surface area contributed by atoms with Crippen molar-refractivity contribution < 1.29 is 9.53 Å². The van der Waals surface area contributed by atoms with Crippen molar-refractivity contribution in [3.8, 4) is 10.6 Å². The van der Waals surface area contributed by atoms with Crippen LogP contribution in [0.2, 0.25) is 0 Å². The quantitative estimate of drug-likeness (QED) is 0.720. The molecule has 2 rings (SSSR count). The second-order valence-corrected chi connectivity index (χ2v) is 7.10. The van der Waals surface area contributed by atoms with E-state index in [2.05, 4.69) is 41.5 Å². The summed E-state index contributed by atoms with van der Waals surface area (Å²) < 4.78 is 5.00. The first-order valence-electron chi connectivity index (χ1n) is 8.34. The van der Waals surface area contributed by atoms with Crippen molar-refractivity contribution in [2.45, 2.75) is 46.1 Å². The maximum absolute atomic E-state index is 12.0. The summed E-state index contributed by atoms with van der Waals surface area (Å²) in [7, 11) is 1.68. The molecule has 4 nitrogen and oxygen atoms in total. The number of aromatic nitrogens is 1. The molecular weight excluding hydrogens is 320 g/mol. The van der Waals surface area contributed by atoms with Crippen LogP contribution in [0, 0.1) is 13.8 Å². The van der Waals surface area contributed by atoms with Gasteiger partial charge in [0.25, 0.3) is 0 Å². The van der Waals surface area contributed by atoms with Crippen LogP contribution in [-0.4, -0.2) is 24.6 Å². The minimum atomic E-state index is -0.0170. The van der Waals surface area contributed by atoms with Crippen LogP contribution in [0.1, 0.15) is 48.4 Å². The highest BCUT2D eigenvalue weighted by Gasteiger charge is 2.17. The number of unbranched alkanes of at least 4 members (excludes halogenated alkanes) is 1. The van der Waals surface area contributed by atoms with Crippen LogP contribution in [0.5, 0.6) is 0 Å². The number of rotatable bonds is 8. The van der Waals surface area contributed by atoms with Gasteiger partial charge in [-0.1, -0.05) is 29.8 Å². The molecule has 5 heteroatoms. The van der Waals surface area contributed by atoms with Gasteiger partial charge in [-0.15, -0.1) is 11.3 Å². The van der Waals surface area contributed by atoms with Gasteiger partial charge in [-0.2, -0.15) is 0 Å². The molecule has 130 valence electrons. The summed E-state index contributed by atoms with van der Waals surface area (Å²) >= 11 is 1.65. The first-order valence-corrected chi connectivity index (χ1v) is 9.15. The van der Waals surface area contributed by atoms with E-state index >= 15 is 0 Å². The van der Waals surface area contributed by atoms with E-state index in [1.807, 2.05) is 13.8 Å². The van der Waals surface area contributed by atoms with Gasteiger partial charge in [-0.25, -0.2) is 4.98 Å². The smallest absolute Gasteiger partial charge is 0.220 e. The van der Waals surface area contributed by atoms with E-state index in [1.54, 1.807) is 18.4 Å². The van der Waals surface area contributed by atoms with Crippen molar-refractivity contribution in [3.05, 3.63) is 40.4 Å². The van der Waals surface area contributed by atoms with Crippen LogP contribution in [0.3, 0.4) is 0 Å². The molecule has 0 radical (unpaired) electrons. The summed E-state index contributed by atoms with van der Waals surface area (Å²) in [6.07, 6.45) is 2.30. The molecule has 0 saturated carbocycles. The zero-order chi connectivity index (χ0) is 17.5. The number of nitrogens with zero attached hydrogens (tertiary/aromatic N) is 1. The summed E-state index contributed by atoms with van der Waals surface area (Å²) in [5, 5.41) is 4.08. The highest BCUT2D eigenvalue weighted by atomic mass is 32.1. The van der Waals surface area contributed by atoms with Gasteiger partial charge >= 0.3 is 0 Å². The molecule has 0 bridgehead atoms. The lowest BCUT2D eigenvalue weighted by molar-refractivity contribution is -0.121. The Morgan fingerprint density at radius 2 is 1.96 bits per heavy atom. The van der Waals surface area contributed by atoms with Crippen molar-refractivity contribution >= 4 is 17.2 Å². The number of methoxy groups -OCH3 is 1. The van der Waals surface area contributed by atoms with Crippen LogP contribution in [0.25, 0.3) is 10.6 Å². The van der Waals surface area contributed by atoms with E-state index in [0.29, 0.717) is 13.0 Å². The standard InChI is InChI=1S/C19H26N2O2S/c1-13-8-10-16(11-9-13)19-21-15(3)18(24-19)14(2)20-17(22)7-5-6-12-23-4/h8-11,14H,5-7,12H2,1-4H3,(H,20,22). The van der Waals surface area contributed by atoms with Gasteiger partial charge in [-0.3, -0.25) is 4.79 Å². The third-order valence-corrected chi connectivity index (χ3v) is 5.29. The van der Waals surface area contributed by atoms with E-state index < -0.39 is 0 Å². The van der Waals surface area contributed by atoms with Gasteiger partial charge in [0.2, 0.25) is 5.91 Å². The van der Waals surface area contributed by atoms with E-state index in [-0.39, 0.29) is 11.9 Å². The Hall–Kier alpha value is -1.72. The summed E-state index contributed by atoms with van der Waals surface area (Å²) in [4.78, 5) is 17.8. The van der Waals surface area contributed by atoms with Crippen molar-refractivity contribution in [2.75, 3.05) is 13.7 Å². The topological polar surface area (TPSA) is 51.2 Å². The van der Waals surface area contributed by atoms with Crippen LogP contribution >= 0.6 is 11.3 Å². The maximum Gasteiger partial charge on any atom is 0.220 e. The molecule has 0 aliphatic rings. The predicted molar refractivity (Wildman–Crippen MR) is 99.3 cm³/mol. The molecule has 0 spiro atoms. The molecule has 1 aromatic carbocycles. The van der Waals surface area contributed by atoms with Crippen LogP contribution in [0.15, 0.2) is 24.3 Å². The Morgan fingerprint density at radius 1 is 1.25 bits per heavy atom. The van der Waals surface area contributed by atoms with Gasteiger partial charge in [0.05, 0.1) is 16.6 Å². The lowest BCUT2D eigenvalue weighted by atomic mass is 10.1. The van der Waals surface area contributed by atoms with Gasteiger partial charge in [-0.05, 0) is 33.6 Å². The first-order chi connectivity index (χ1) is 11.5. The zero-order valence-electron chi connectivity index (χ0n) is 14.9. The number of ether oxygens (including phenoxy) is 1. The number of aryl methyl sites for hydroxylation is 2. The Morgan fingerprint density at radius 3 is 2.62 bits per heavy atom. The Kier molecular flexibility index (Phi) is 6.94. The number of hydrogen-bond donors (Lipinski definition) is 1. The molecule has 1 N–H and O–H groups in total. The van der Waals surface area contributed by atoms with Gasteiger partial charge < -0.3 is 10.1 Å². The van der Waals surface area contributed by atoms with Crippen molar-refractivity contribution in [2.24, 2.45) is 0 Å². The minimum Gasteiger partial charge on any atom is -0.385 e. The summed E-state index contributed by atoms with van der Waals surface area (Å²) in [5.41, 5.74) is 3.35. The summed E-state index contributed by atoms with van der Waals surface area (Å²) in [6, 6.07) is 8.36. The molecule has 0 fully saturated rings. The predicted octanol–water partition coefficient (Wildman–Crippen LogP) is 4.42.